The van der Waals surface area contributed by atoms with Gasteiger partial charge in [0.05, 0.1) is 0 Å². The van der Waals surface area contributed by atoms with Crippen LogP contribution in [-0.4, -0.2) is 72.3 Å². The monoisotopic (exact) mass is 369 g/mol. The van der Waals surface area contributed by atoms with Crippen LogP contribution in [0, 0.1) is 11.3 Å². The maximum atomic E-state index is 12.5. The van der Waals surface area contributed by atoms with E-state index in [9.17, 15) is 4.79 Å². The molecule has 1 amide bonds. The Labute approximate surface area is 160 Å². The summed E-state index contributed by atoms with van der Waals surface area (Å²) in [5.74, 6) is 0.825. The summed E-state index contributed by atoms with van der Waals surface area (Å²) in [5, 5.41) is 8.99. The van der Waals surface area contributed by atoms with Gasteiger partial charge in [-0.25, -0.2) is 9.78 Å². The smallest absolute Gasteiger partial charge is 0.410 e. The van der Waals surface area contributed by atoms with Crippen molar-refractivity contribution >= 4 is 11.9 Å². The average Bonchev–Trinajstić information content (AvgIpc) is 2.68. The Bertz CT molecular complexity index is 699. The lowest BCUT2D eigenvalue weighted by Crippen LogP contribution is -2.54. The summed E-state index contributed by atoms with van der Waals surface area (Å²) in [5.41, 5.74) is 0.432. The number of ether oxygens (including phenoxy) is 1. The predicted molar refractivity (Wildman–Crippen MR) is 101 cm³/mol. The molecule has 0 atom stereocenters. The summed E-state index contributed by atoms with van der Waals surface area (Å²) < 4.78 is 5.76. The first-order chi connectivity index (χ1) is 13.2. The second-order valence-electron chi connectivity index (χ2n) is 7.67. The van der Waals surface area contributed by atoms with Gasteiger partial charge < -0.3 is 14.5 Å². The van der Waals surface area contributed by atoms with Crippen molar-refractivity contribution in [1.82, 2.24) is 14.8 Å². The van der Waals surface area contributed by atoms with E-state index in [2.05, 4.69) is 20.9 Å². The number of hydrogen-bond acceptors (Lipinski definition) is 6. The highest BCUT2D eigenvalue weighted by molar-refractivity contribution is 5.68. The maximum Gasteiger partial charge on any atom is 0.410 e. The molecule has 0 N–H and O–H groups in total. The number of piperazine rings is 1. The van der Waals surface area contributed by atoms with E-state index in [4.69, 9.17) is 10.00 Å². The van der Waals surface area contributed by atoms with Crippen molar-refractivity contribution in [2.75, 3.05) is 44.2 Å². The van der Waals surface area contributed by atoms with Gasteiger partial charge in [0, 0.05) is 58.2 Å². The molecule has 4 rings (SSSR count). The summed E-state index contributed by atoms with van der Waals surface area (Å²) in [6.45, 7) is 5.07. The molecule has 3 heterocycles. The number of carbonyl (C=O) groups is 1. The topological polar surface area (TPSA) is 72.7 Å². The first kappa shape index (κ1) is 18.1. The van der Waals surface area contributed by atoms with Crippen molar-refractivity contribution in [3.05, 3.63) is 23.9 Å². The van der Waals surface area contributed by atoms with Gasteiger partial charge in [0.15, 0.2) is 0 Å². The van der Waals surface area contributed by atoms with Crippen LogP contribution in [0.25, 0.3) is 0 Å². The first-order valence-corrected chi connectivity index (χ1v) is 10.0. The molecule has 27 heavy (non-hydrogen) atoms. The fraction of sp³-hybridized carbons (Fsp3) is 0.650. The Kier molecular flexibility index (Phi) is 5.44. The molecule has 0 aromatic carbocycles. The number of aromatic nitrogens is 1. The molecule has 0 spiro atoms. The summed E-state index contributed by atoms with van der Waals surface area (Å²) >= 11 is 0. The Morgan fingerprint density at radius 3 is 2.44 bits per heavy atom. The van der Waals surface area contributed by atoms with Gasteiger partial charge in [-0.15, -0.1) is 0 Å². The zero-order valence-corrected chi connectivity index (χ0v) is 15.7. The van der Waals surface area contributed by atoms with Crippen LogP contribution in [0.4, 0.5) is 10.6 Å². The fourth-order valence-corrected chi connectivity index (χ4v) is 4.10. The Balaban J connectivity index is 1.22. The quantitative estimate of drug-likeness (QED) is 0.814. The summed E-state index contributed by atoms with van der Waals surface area (Å²) in [7, 11) is 0. The molecule has 1 aromatic rings. The third-order valence-electron chi connectivity index (χ3n) is 6.05. The van der Waals surface area contributed by atoms with Gasteiger partial charge in [-0.05, 0) is 25.0 Å². The fourth-order valence-electron chi connectivity index (χ4n) is 4.10. The van der Waals surface area contributed by atoms with E-state index < -0.39 is 0 Å². The number of anilines is 1. The molecule has 7 heteroatoms. The minimum Gasteiger partial charge on any atom is -0.446 e. The molecule has 1 aliphatic carbocycles. The second kappa shape index (κ2) is 8.13. The van der Waals surface area contributed by atoms with E-state index >= 15 is 0 Å². The van der Waals surface area contributed by atoms with E-state index in [1.165, 1.54) is 19.3 Å². The number of nitrogens with zero attached hydrogens (tertiary/aromatic N) is 5. The van der Waals surface area contributed by atoms with Crippen molar-refractivity contribution in [1.29, 1.82) is 5.26 Å². The van der Waals surface area contributed by atoms with Gasteiger partial charge in [-0.1, -0.05) is 12.5 Å². The minimum atomic E-state index is -0.161. The van der Waals surface area contributed by atoms with Gasteiger partial charge >= 0.3 is 6.09 Å². The van der Waals surface area contributed by atoms with Crippen LogP contribution in [-0.2, 0) is 4.74 Å². The van der Waals surface area contributed by atoms with Gasteiger partial charge in [0.25, 0.3) is 0 Å². The molecule has 0 bridgehead atoms. The van der Waals surface area contributed by atoms with E-state index in [1.54, 1.807) is 6.07 Å². The zero-order chi connectivity index (χ0) is 18.6. The summed E-state index contributed by atoms with van der Waals surface area (Å²) in [4.78, 5) is 23.4. The van der Waals surface area contributed by atoms with Crippen LogP contribution < -0.4 is 4.90 Å². The zero-order valence-electron chi connectivity index (χ0n) is 15.7. The van der Waals surface area contributed by atoms with Crippen LogP contribution >= 0.6 is 0 Å². The van der Waals surface area contributed by atoms with Crippen molar-refractivity contribution in [2.24, 2.45) is 0 Å². The molecule has 2 saturated heterocycles. The Hall–Kier alpha value is -2.33. The molecule has 3 fully saturated rings. The highest BCUT2D eigenvalue weighted by Crippen LogP contribution is 2.26. The largest absolute Gasteiger partial charge is 0.446 e. The van der Waals surface area contributed by atoms with Gasteiger partial charge in [0.1, 0.15) is 23.7 Å². The summed E-state index contributed by atoms with van der Waals surface area (Å²) in [6, 6.07) is 8.32. The molecule has 7 nitrogen and oxygen atoms in total. The molecule has 0 unspecified atom stereocenters. The number of rotatable bonds is 3. The number of hydrogen-bond donors (Lipinski definition) is 0. The van der Waals surface area contributed by atoms with Crippen LogP contribution in [0.15, 0.2) is 18.2 Å². The lowest BCUT2D eigenvalue weighted by atomic mass is 9.91. The Morgan fingerprint density at radius 1 is 1.07 bits per heavy atom. The highest BCUT2D eigenvalue weighted by Gasteiger charge is 2.31. The van der Waals surface area contributed by atoms with Crippen molar-refractivity contribution in [3.8, 4) is 6.07 Å². The standard InChI is InChI=1S/C20H27N5O2/c21-15-16-3-1-6-19(22-16)24-9-7-18(8-10-24)27-20(26)25-13-11-23(12-14-25)17-4-2-5-17/h1,3,6,17-18H,2,4-5,7-14H2. The number of nitriles is 1. The molecular formula is C20H27N5O2. The van der Waals surface area contributed by atoms with E-state index in [0.717, 1.165) is 64.0 Å². The SMILES string of the molecule is N#Cc1cccc(N2CCC(OC(=O)N3CCN(C4CCC4)CC3)CC2)n1. The van der Waals surface area contributed by atoms with E-state index in [1.807, 2.05) is 17.0 Å². The normalized spacial score (nSPS) is 22.2. The van der Waals surface area contributed by atoms with Crippen molar-refractivity contribution in [3.63, 3.8) is 0 Å². The number of piperidine rings is 1. The first-order valence-electron chi connectivity index (χ1n) is 10.0. The van der Waals surface area contributed by atoms with Gasteiger partial charge in [0.2, 0.25) is 0 Å². The maximum absolute atomic E-state index is 12.5. The third kappa shape index (κ3) is 4.16. The molecule has 1 aromatic heterocycles. The van der Waals surface area contributed by atoms with Crippen molar-refractivity contribution < 1.29 is 9.53 Å². The molecule has 0 radical (unpaired) electrons. The number of amides is 1. The average molecular weight is 369 g/mol. The lowest BCUT2D eigenvalue weighted by molar-refractivity contribution is 0.0230. The van der Waals surface area contributed by atoms with E-state index in [-0.39, 0.29) is 12.2 Å². The summed E-state index contributed by atoms with van der Waals surface area (Å²) in [6.07, 6.45) is 5.38. The molecule has 3 aliphatic rings. The predicted octanol–water partition coefficient (Wildman–Crippen LogP) is 2.23. The molecule has 1 saturated carbocycles. The van der Waals surface area contributed by atoms with Crippen LogP contribution in [0.2, 0.25) is 0 Å². The minimum absolute atomic E-state index is 0.0300. The van der Waals surface area contributed by atoms with Crippen LogP contribution in [0.3, 0.4) is 0 Å². The van der Waals surface area contributed by atoms with E-state index in [0.29, 0.717) is 5.69 Å². The lowest BCUT2D eigenvalue weighted by Gasteiger charge is -2.43. The number of carbonyl (C=O) groups excluding carboxylic acids is 1. The second-order valence-corrected chi connectivity index (χ2v) is 7.67. The molecular weight excluding hydrogens is 342 g/mol. The third-order valence-corrected chi connectivity index (χ3v) is 6.05. The number of pyridine rings is 1. The Morgan fingerprint density at radius 2 is 1.81 bits per heavy atom. The van der Waals surface area contributed by atoms with Gasteiger partial charge in [-0.3, -0.25) is 4.90 Å². The van der Waals surface area contributed by atoms with Crippen molar-refractivity contribution in [2.45, 2.75) is 44.2 Å². The van der Waals surface area contributed by atoms with Crippen LogP contribution in [0.1, 0.15) is 37.8 Å². The molecule has 2 aliphatic heterocycles. The highest BCUT2D eigenvalue weighted by atomic mass is 16.6. The van der Waals surface area contributed by atoms with Gasteiger partial charge in [-0.2, -0.15) is 5.26 Å². The molecule has 144 valence electrons. The van der Waals surface area contributed by atoms with Crippen LogP contribution in [0.5, 0.6) is 0 Å².